The summed E-state index contributed by atoms with van der Waals surface area (Å²) >= 11 is 1.21. The van der Waals surface area contributed by atoms with Gasteiger partial charge in [0, 0.05) is 16.5 Å². The van der Waals surface area contributed by atoms with E-state index >= 15 is 0 Å². The highest BCUT2D eigenvalue weighted by Crippen LogP contribution is 2.37. The minimum atomic E-state index is -5.16. The van der Waals surface area contributed by atoms with Crippen LogP contribution in [0.15, 0.2) is 35.7 Å². The van der Waals surface area contributed by atoms with Crippen LogP contribution in [-0.4, -0.2) is 43.2 Å². The van der Waals surface area contributed by atoms with Gasteiger partial charge in [-0.2, -0.15) is 13.2 Å². The second kappa shape index (κ2) is 10.9. The summed E-state index contributed by atoms with van der Waals surface area (Å²) in [4.78, 5) is 27.2. The van der Waals surface area contributed by atoms with Crippen LogP contribution in [0.4, 0.5) is 13.2 Å². The van der Waals surface area contributed by atoms with Gasteiger partial charge in [-0.15, -0.1) is 11.3 Å². The molecule has 1 saturated carbocycles. The minimum Gasteiger partial charge on any atom is -0.497 e. The number of ether oxygens (including phenoxy) is 2. The second-order valence-electron chi connectivity index (χ2n) is 7.86. The van der Waals surface area contributed by atoms with Gasteiger partial charge >= 0.3 is 12.1 Å². The summed E-state index contributed by atoms with van der Waals surface area (Å²) in [5, 5.41) is 4.58. The third-order valence-corrected chi connectivity index (χ3v) is 6.51. The van der Waals surface area contributed by atoms with Gasteiger partial charge in [0.25, 0.3) is 0 Å². The molecule has 1 unspecified atom stereocenters. The zero-order chi connectivity index (χ0) is 24.0. The quantitative estimate of drug-likeness (QED) is 0.582. The van der Waals surface area contributed by atoms with Crippen molar-refractivity contribution < 1.29 is 32.2 Å². The third-order valence-electron chi connectivity index (χ3n) is 5.65. The van der Waals surface area contributed by atoms with E-state index in [1.807, 2.05) is 0 Å². The number of benzene rings is 1. The Bertz CT molecular complexity index is 944. The number of nitrogens with one attached hydrogen (secondary N) is 1. The van der Waals surface area contributed by atoms with E-state index in [0.717, 1.165) is 32.1 Å². The zero-order valence-electron chi connectivity index (χ0n) is 18.5. The Hall–Kier alpha value is -2.75. The molecule has 10 heteroatoms. The molecule has 180 valence electrons. The summed E-state index contributed by atoms with van der Waals surface area (Å²) in [5.41, 5.74) is 0.124. The van der Waals surface area contributed by atoms with Crippen molar-refractivity contribution >= 4 is 23.2 Å². The second-order valence-corrected chi connectivity index (χ2v) is 8.90. The maximum Gasteiger partial charge on any atom is 0.471 e. The molecular weight excluding hydrogens is 457 g/mol. The number of rotatable bonds is 8. The highest BCUT2D eigenvalue weighted by Gasteiger charge is 2.47. The van der Waals surface area contributed by atoms with Crippen LogP contribution < -0.4 is 14.8 Å². The minimum absolute atomic E-state index is 0.124. The average molecular weight is 485 g/mol. The van der Waals surface area contributed by atoms with Crippen molar-refractivity contribution in [3.63, 3.8) is 0 Å². The third kappa shape index (κ3) is 6.19. The fourth-order valence-electron chi connectivity index (χ4n) is 4.04. The van der Waals surface area contributed by atoms with Gasteiger partial charge in [0.1, 0.15) is 17.5 Å². The highest BCUT2D eigenvalue weighted by atomic mass is 32.1. The van der Waals surface area contributed by atoms with E-state index in [1.54, 1.807) is 23.6 Å². The molecule has 2 amide bonds. The van der Waals surface area contributed by atoms with Crippen molar-refractivity contribution in [2.24, 2.45) is 0 Å². The Morgan fingerprint density at radius 3 is 2.45 bits per heavy atom. The Kier molecular flexibility index (Phi) is 8.23. The number of methoxy groups -OCH3 is 2. The summed E-state index contributed by atoms with van der Waals surface area (Å²) in [6, 6.07) is 6.11. The standard InChI is InChI=1S/C23H27F3N2O4S/c1-31-16-10-11-19(32-2)18(13-16)20(21(29)27-15-7-4-3-5-8-15)28(22(30)23(24,25)26)14-17-9-6-12-33-17/h6,9-13,15,20H,3-5,7-8,14H2,1-2H3,(H,27,29). The average Bonchev–Trinajstić information content (AvgIpc) is 3.31. The van der Waals surface area contributed by atoms with Gasteiger partial charge in [0.15, 0.2) is 0 Å². The van der Waals surface area contributed by atoms with E-state index in [9.17, 15) is 22.8 Å². The van der Waals surface area contributed by atoms with Gasteiger partial charge in [-0.25, -0.2) is 0 Å². The van der Waals surface area contributed by atoms with E-state index in [4.69, 9.17) is 9.47 Å². The van der Waals surface area contributed by atoms with Crippen molar-refractivity contribution in [2.45, 2.75) is 56.9 Å². The highest BCUT2D eigenvalue weighted by molar-refractivity contribution is 7.09. The van der Waals surface area contributed by atoms with Crippen molar-refractivity contribution in [3.05, 3.63) is 46.2 Å². The fourth-order valence-corrected chi connectivity index (χ4v) is 4.75. The van der Waals surface area contributed by atoms with Gasteiger partial charge < -0.3 is 19.7 Å². The van der Waals surface area contributed by atoms with Gasteiger partial charge in [-0.1, -0.05) is 25.3 Å². The van der Waals surface area contributed by atoms with Crippen LogP contribution in [0.25, 0.3) is 0 Å². The van der Waals surface area contributed by atoms with Crippen molar-refractivity contribution in [2.75, 3.05) is 14.2 Å². The normalized spacial score (nSPS) is 15.5. The molecule has 3 rings (SSSR count). The van der Waals surface area contributed by atoms with Gasteiger partial charge in [0.2, 0.25) is 5.91 Å². The van der Waals surface area contributed by atoms with Crippen LogP contribution in [0.2, 0.25) is 0 Å². The molecule has 0 bridgehead atoms. The number of alkyl halides is 3. The van der Waals surface area contributed by atoms with Crippen LogP contribution >= 0.6 is 11.3 Å². The molecule has 2 aromatic rings. The molecule has 1 aliphatic rings. The first kappa shape index (κ1) is 24.9. The Morgan fingerprint density at radius 1 is 1.15 bits per heavy atom. The van der Waals surface area contributed by atoms with Crippen molar-refractivity contribution in [1.82, 2.24) is 10.2 Å². The van der Waals surface area contributed by atoms with Crippen molar-refractivity contribution in [3.8, 4) is 11.5 Å². The molecule has 1 N–H and O–H groups in total. The topological polar surface area (TPSA) is 67.9 Å². The zero-order valence-corrected chi connectivity index (χ0v) is 19.3. The van der Waals surface area contributed by atoms with Crippen LogP contribution in [0.3, 0.4) is 0 Å². The predicted molar refractivity (Wildman–Crippen MR) is 118 cm³/mol. The molecule has 0 saturated heterocycles. The number of carbonyl (C=O) groups excluding carboxylic acids is 2. The smallest absolute Gasteiger partial charge is 0.471 e. The van der Waals surface area contributed by atoms with Crippen LogP contribution in [0, 0.1) is 0 Å². The first-order chi connectivity index (χ1) is 15.7. The van der Waals surface area contributed by atoms with Crippen molar-refractivity contribution in [1.29, 1.82) is 0 Å². The number of nitrogens with zero attached hydrogens (tertiary/aromatic N) is 1. The SMILES string of the molecule is COc1ccc(OC)c(C(C(=O)NC2CCCCC2)N(Cc2cccs2)C(=O)C(F)(F)F)c1. The molecular formula is C23H27F3N2O4S. The van der Waals surface area contributed by atoms with Gasteiger partial charge in [-0.05, 0) is 42.5 Å². The molecule has 1 heterocycles. The van der Waals surface area contributed by atoms with E-state index in [1.165, 1.54) is 37.7 Å². The lowest BCUT2D eigenvalue weighted by atomic mass is 9.94. The molecule has 33 heavy (non-hydrogen) atoms. The lowest BCUT2D eigenvalue weighted by Crippen LogP contribution is -2.50. The molecule has 6 nitrogen and oxygen atoms in total. The molecule has 0 spiro atoms. The first-order valence-corrected chi connectivity index (χ1v) is 11.5. The van der Waals surface area contributed by atoms with Gasteiger partial charge in [0.05, 0.1) is 20.8 Å². The number of amides is 2. The first-order valence-electron chi connectivity index (χ1n) is 10.7. The molecule has 0 radical (unpaired) electrons. The Morgan fingerprint density at radius 2 is 1.88 bits per heavy atom. The van der Waals surface area contributed by atoms with Crippen LogP contribution in [0.5, 0.6) is 11.5 Å². The van der Waals surface area contributed by atoms with E-state index in [2.05, 4.69) is 5.32 Å². The molecule has 1 aliphatic carbocycles. The summed E-state index contributed by atoms with van der Waals surface area (Å²) in [5.74, 6) is -2.25. The maximum absolute atomic E-state index is 13.7. The number of carbonyl (C=O) groups is 2. The molecule has 1 aromatic carbocycles. The van der Waals surface area contributed by atoms with E-state index in [-0.39, 0.29) is 23.9 Å². The number of halogens is 3. The molecule has 1 aromatic heterocycles. The lowest BCUT2D eigenvalue weighted by molar-refractivity contribution is -0.189. The summed E-state index contributed by atoms with van der Waals surface area (Å²) in [6.07, 6.45) is -0.766. The largest absolute Gasteiger partial charge is 0.497 e. The Labute approximate surface area is 194 Å². The van der Waals surface area contributed by atoms with E-state index in [0.29, 0.717) is 15.5 Å². The van der Waals surface area contributed by atoms with Crippen LogP contribution in [0.1, 0.15) is 48.6 Å². The monoisotopic (exact) mass is 484 g/mol. The summed E-state index contributed by atoms with van der Waals surface area (Å²) < 4.78 is 51.6. The predicted octanol–water partition coefficient (Wildman–Crippen LogP) is 4.85. The summed E-state index contributed by atoms with van der Waals surface area (Å²) in [7, 11) is 2.77. The lowest BCUT2D eigenvalue weighted by Gasteiger charge is -2.34. The van der Waals surface area contributed by atoms with E-state index < -0.39 is 24.0 Å². The van der Waals surface area contributed by atoms with Gasteiger partial charge in [-0.3, -0.25) is 9.59 Å². The number of thiophene rings is 1. The molecule has 0 aliphatic heterocycles. The number of hydrogen-bond acceptors (Lipinski definition) is 5. The molecule has 1 atom stereocenters. The summed E-state index contributed by atoms with van der Waals surface area (Å²) in [6.45, 7) is -0.376. The number of hydrogen-bond donors (Lipinski definition) is 1. The molecule has 1 fully saturated rings. The Balaban J connectivity index is 2.09. The maximum atomic E-state index is 13.7. The van der Waals surface area contributed by atoms with Crippen LogP contribution in [-0.2, 0) is 16.1 Å². The fraction of sp³-hybridized carbons (Fsp3) is 0.478.